The second-order valence-electron chi connectivity index (χ2n) is 0.960. The van der Waals surface area contributed by atoms with Crippen LogP contribution >= 0.6 is 15.6 Å². The summed E-state index contributed by atoms with van der Waals surface area (Å²) >= 11 is 0. The smallest absolute Gasteiger partial charge is 0.822 e. The molecule has 8 nitrogen and oxygen atoms in total. The van der Waals surface area contributed by atoms with Crippen molar-refractivity contribution >= 4 is 38.7 Å². The number of hydrogen-bond acceptors (Lipinski definition) is 5. The molecule has 0 unspecified atom stereocenters. The van der Waals surface area contributed by atoms with Crippen LogP contribution < -0.4 is 33.5 Å². The predicted octanol–water partition coefficient (Wildman–Crippen LogP) is -7.13. The quantitative estimate of drug-likeness (QED) is 0.269. The maximum absolute atomic E-state index is 8.88. The van der Waals surface area contributed by atoms with Gasteiger partial charge in [-0.2, -0.15) is 7.82 Å². The summed E-state index contributed by atoms with van der Waals surface area (Å²) in [7, 11) is -10.0. The summed E-state index contributed by atoms with van der Waals surface area (Å²) in [4.78, 5) is 47.2. The summed E-state index contributed by atoms with van der Waals surface area (Å²) in [5.74, 6) is 0. The molecule has 0 radical (unpaired) electrons. The standard InChI is InChI=1S/Li.Mg.2H3O4P/c;;2*1-5(2,3)4/h;;2*(H3,1,2,3,4)/q+1;+2;;/p-3. The molecule has 64 valence electrons. The Balaban J connectivity index is -0.0000000457. The van der Waals surface area contributed by atoms with Crippen molar-refractivity contribution in [1.29, 1.82) is 0 Å². The summed E-state index contributed by atoms with van der Waals surface area (Å²) < 4.78 is 17.4. The average molecular weight is 224 g/mol. The minimum Gasteiger partial charge on any atom is -0.822 e. The summed E-state index contributed by atoms with van der Waals surface area (Å²) in [6, 6.07) is 0. The SMILES string of the molecule is O=P(O)(O)O.O=P([O-])([O-])[O-].[Li+].[Mg+2]. The Kier molecular flexibility index (Phi) is 17.9. The molecule has 0 spiro atoms. The van der Waals surface area contributed by atoms with Gasteiger partial charge in [0.1, 0.15) is 0 Å². The van der Waals surface area contributed by atoms with Crippen LogP contribution in [0, 0.1) is 0 Å². The zero-order valence-electron chi connectivity index (χ0n) is 5.98. The second kappa shape index (κ2) is 9.15. The van der Waals surface area contributed by atoms with Gasteiger partial charge < -0.3 is 33.9 Å². The van der Waals surface area contributed by atoms with Gasteiger partial charge in [-0.25, -0.2) is 4.57 Å². The minimum absolute atomic E-state index is 0. The monoisotopic (exact) mass is 224 g/mol. The molecule has 0 aliphatic heterocycles. The van der Waals surface area contributed by atoms with Crippen molar-refractivity contribution in [3.05, 3.63) is 0 Å². The number of hydrogen-bond donors (Lipinski definition) is 3. The average Bonchev–Trinajstić information content (AvgIpc) is 1.12. The van der Waals surface area contributed by atoms with Crippen LogP contribution in [0.3, 0.4) is 0 Å². The van der Waals surface area contributed by atoms with Crippen molar-refractivity contribution in [3.63, 3.8) is 0 Å². The normalized spacial score (nSPS) is 9.83. The molecular weight excluding hydrogens is 221 g/mol. The van der Waals surface area contributed by atoms with Crippen LogP contribution in [0.1, 0.15) is 0 Å². The van der Waals surface area contributed by atoms with E-state index in [1.807, 2.05) is 0 Å². The zero-order valence-corrected chi connectivity index (χ0v) is 9.19. The molecule has 0 aromatic carbocycles. The van der Waals surface area contributed by atoms with Gasteiger partial charge in [0.05, 0.1) is 0 Å². The Morgan fingerprint density at radius 1 is 0.917 bits per heavy atom. The van der Waals surface area contributed by atoms with Crippen molar-refractivity contribution in [3.8, 4) is 0 Å². The Hall–Kier alpha value is 1.58. The molecule has 0 bridgehead atoms. The number of rotatable bonds is 0. The molecule has 0 amide bonds. The molecule has 0 fully saturated rings. The number of phosphoric acid groups is 2. The minimum atomic E-state index is -5.39. The summed E-state index contributed by atoms with van der Waals surface area (Å²) in [6.45, 7) is 0. The molecule has 0 aliphatic carbocycles. The van der Waals surface area contributed by atoms with Crippen LogP contribution in [0.5, 0.6) is 0 Å². The van der Waals surface area contributed by atoms with Gasteiger partial charge in [0.2, 0.25) is 0 Å². The van der Waals surface area contributed by atoms with Crippen LogP contribution in [-0.4, -0.2) is 37.7 Å². The zero-order chi connectivity index (χ0) is 9.00. The van der Waals surface area contributed by atoms with E-state index in [0.29, 0.717) is 0 Å². The van der Waals surface area contributed by atoms with Gasteiger partial charge in [0, 0.05) is 0 Å². The van der Waals surface area contributed by atoms with Crippen molar-refractivity contribution in [1.82, 2.24) is 0 Å². The first kappa shape index (κ1) is 23.4. The van der Waals surface area contributed by atoms with Crippen LogP contribution in [0.15, 0.2) is 0 Å². The fourth-order valence-corrected chi connectivity index (χ4v) is 0. The van der Waals surface area contributed by atoms with E-state index in [0.717, 1.165) is 0 Å². The van der Waals surface area contributed by atoms with Gasteiger partial charge in [0.25, 0.3) is 0 Å². The van der Waals surface area contributed by atoms with E-state index >= 15 is 0 Å². The van der Waals surface area contributed by atoms with E-state index in [1.54, 1.807) is 0 Å². The topological polar surface area (TPSA) is 164 Å². The first-order valence-electron chi connectivity index (χ1n) is 1.51. The third-order valence-electron chi connectivity index (χ3n) is 0. The van der Waals surface area contributed by atoms with E-state index in [4.69, 9.17) is 38.5 Å². The molecule has 0 heterocycles. The van der Waals surface area contributed by atoms with Crippen LogP contribution in [0.4, 0.5) is 0 Å². The molecular formula is H3LiMgO8P2. The van der Waals surface area contributed by atoms with Gasteiger partial charge >= 0.3 is 49.7 Å². The summed E-state index contributed by atoms with van der Waals surface area (Å²) in [5.41, 5.74) is 0. The molecule has 0 aromatic heterocycles. The Labute approximate surface area is 95.8 Å². The van der Waals surface area contributed by atoms with Gasteiger partial charge in [0.15, 0.2) is 0 Å². The first-order chi connectivity index (χ1) is 4.00. The maximum atomic E-state index is 8.88. The van der Waals surface area contributed by atoms with Crippen molar-refractivity contribution in [2.24, 2.45) is 0 Å². The fourth-order valence-electron chi connectivity index (χ4n) is 0. The van der Waals surface area contributed by atoms with Crippen molar-refractivity contribution in [2.75, 3.05) is 0 Å². The van der Waals surface area contributed by atoms with E-state index in [9.17, 15) is 0 Å². The van der Waals surface area contributed by atoms with Gasteiger partial charge in [-0.05, 0) is 0 Å². The summed E-state index contributed by atoms with van der Waals surface area (Å²) in [5, 5.41) is 0. The molecule has 0 aliphatic rings. The van der Waals surface area contributed by atoms with Gasteiger partial charge in [-0.1, -0.05) is 0 Å². The van der Waals surface area contributed by atoms with Crippen LogP contribution in [0.2, 0.25) is 0 Å². The van der Waals surface area contributed by atoms with Crippen molar-refractivity contribution in [2.45, 2.75) is 0 Å². The van der Waals surface area contributed by atoms with Crippen LogP contribution in [0.25, 0.3) is 0 Å². The fraction of sp³-hybridized carbons (Fsp3) is 0. The Bertz CT molecular complexity index is 129. The largest absolute Gasteiger partial charge is 2.00 e. The van der Waals surface area contributed by atoms with E-state index < -0.39 is 15.6 Å². The summed E-state index contributed by atoms with van der Waals surface area (Å²) in [6.07, 6.45) is 0. The maximum Gasteiger partial charge on any atom is 2.00 e. The van der Waals surface area contributed by atoms with Crippen LogP contribution in [-0.2, 0) is 9.13 Å². The molecule has 0 saturated heterocycles. The molecule has 0 aromatic rings. The molecule has 0 atom stereocenters. The molecule has 3 N–H and O–H groups in total. The first-order valence-corrected chi connectivity index (χ1v) is 4.54. The van der Waals surface area contributed by atoms with Gasteiger partial charge in [-0.15, -0.1) is 0 Å². The Morgan fingerprint density at radius 2 is 0.917 bits per heavy atom. The van der Waals surface area contributed by atoms with Crippen molar-refractivity contribution < 1.29 is 57.4 Å². The van der Waals surface area contributed by atoms with Gasteiger partial charge in [-0.3, -0.25) is 0 Å². The molecule has 12 heteroatoms. The van der Waals surface area contributed by atoms with E-state index in [1.165, 1.54) is 0 Å². The van der Waals surface area contributed by atoms with E-state index in [2.05, 4.69) is 0 Å². The third-order valence-corrected chi connectivity index (χ3v) is 0. The molecule has 0 rings (SSSR count). The third kappa shape index (κ3) is 517. The van der Waals surface area contributed by atoms with E-state index in [-0.39, 0.29) is 41.9 Å². The predicted molar refractivity (Wildman–Crippen MR) is 27.6 cm³/mol. The Morgan fingerprint density at radius 3 is 0.917 bits per heavy atom. The molecule has 12 heavy (non-hydrogen) atoms. The second-order valence-corrected chi connectivity index (χ2v) is 2.88. The molecule has 0 saturated carbocycles.